The van der Waals surface area contributed by atoms with E-state index in [1.54, 1.807) is 34.4 Å². The average Bonchev–Trinajstić information content (AvgIpc) is 3.27. The molecular weight excluding hydrogens is 434 g/mol. The molecule has 8 nitrogen and oxygen atoms in total. The molecule has 4 rings (SSSR count). The molecule has 0 spiro atoms. The van der Waals surface area contributed by atoms with Crippen LogP contribution in [-0.4, -0.2) is 62.4 Å². The molecule has 1 atom stereocenters. The summed E-state index contributed by atoms with van der Waals surface area (Å²) in [7, 11) is 6.50. The highest BCUT2D eigenvalue weighted by Gasteiger charge is 2.36. The van der Waals surface area contributed by atoms with Gasteiger partial charge in [-0.25, -0.2) is 5.01 Å². The molecule has 8 heteroatoms. The Hall–Kier alpha value is -3.55. The molecular formula is C26H31N3O5. The van der Waals surface area contributed by atoms with Crippen LogP contribution in [0, 0.1) is 5.92 Å². The van der Waals surface area contributed by atoms with Gasteiger partial charge in [0.25, 0.3) is 5.91 Å². The maximum atomic E-state index is 13.4. The number of amides is 2. The summed E-state index contributed by atoms with van der Waals surface area (Å²) in [5.41, 5.74) is 2.48. The van der Waals surface area contributed by atoms with E-state index in [4.69, 9.17) is 19.3 Å². The number of ether oxygens (including phenoxy) is 3. The second kappa shape index (κ2) is 10.2. The van der Waals surface area contributed by atoms with Gasteiger partial charge in [-0.2, -0.15) is 5.10 Å². The van der Waals surface area contributed by atoms with Crippen LogP contribution in [0.4, 0.5) is 0 Å². The van der Waals surface area contributed by atoms with Gasteiger partial charge in [-0.3, -0.25) is 9.59 Å². The fourth-order valence-corrected chi connectivity index (χ4v) is 4.35. The molecule has 1 saturated carbocycles. The molecule has 1 unspecified atom stereocenters. The predicted octanol–water partition coefficient (Wildman–Crippen LogP) is 3.65. The molecule has 34 heavy (non-hydrogen) atoms. The number of hydrogen-bond donors (Lipinski definition) is 0. The highest BCUT2D eigenvalue weighted by Crippen LogP contribution is 2.37. The van der Waals surface area contributed by atoms with E-state index in [9.17, 15) is 9.59 Å². The molecule has 0 bridgehead atoms. The maximum absolute atomic E-state index is 13.4. The van der Waals surface area contributed by atoms with E-state index in [0.29, 0.717) is 17.9 Å². The van der Waals surface area contributed by atoms with Gasteiger partial charge in [0.05, 0.1) is 33.1 Å². The Morgan fingerprint density at radius 2 is 1.68 bits per heavy atom. The van der Waals surface area contributed by atoms with Crippen LogP contribution in [0.5, 0.6) is 17.2 Å². The van der Waals surface area contributed by atoms with Crippen molar-refractivity contribution in [3.63, 3.8) is 0 Å². The first-order valence-corrected chi connectivity index (χ1v) is 11.5. The molecule has 1 fully saturated rings. The summed E-state index contributed by atoms with van der Waals surface area (Å²) in [6, 6.07) is 12.9. The standard InChI is InChI=1S/C26H31N3O5/c1-28(26(31)18-6-5-7-18)16-25(30)29-23(17-8-10-19(32-2)11-9-17)15-22(27-29)21-13-12-20(33-3)14-24(21)34-4/h8-14,18,23H,5-7,15-16H2,1-4H3. The van der Waals surface area contributed by atoms with Gasteiger partial charge in [0, 0.05) is 31.0 Å². The zero-order valence-electron chi connectivity index (χ0n) is 20.1. The van der Waals surface area contributed by atoms with E-state index in [1.807, 2.05) is 36.4 Å². The van der Waals surface area contributed by atoms with Gasteiger partial charge < -0.3 is 19.1 Å². The number of nitrogens with zero attached hydrogens (tertiary/aromatic N) is 3. The summed E-state index contributed by atoms with van der Waals surface area (Å²) in [6.45, 7) is -0.0154. The van der Waals surface area contributed by atoms with Crippen molar-refractivity contribution in [2.24, 2.45) is 11.0 Å². The van der Waals surface area contributed by atoms with Crippen LogP contribution in [0.15, 0.2) is 47.6 Å². The second-order valence-corrected chi connectivity index (χ2v) is 8.67. The first kappa shape index (κ1) is 23.6. The van der Waals surface area contributed by atoms with Crippen molar-refractivity contribution >= 4 is 17.5 Å². The summed E-state index contributed by atoms with van der Waals surface area (Å²) in [5, 5.41) is 6.23. The van der Waals surface area contributed by atoms with Crippen molar-refractivity contribution in [2.45, 2.75) is 31.7 Å². The SMILES string of the molecule is COc1ccc(C2CC(c3ccc(OC)cc3OC)=NN2C(=O)CN(C)C(=O)C2CCC2)cc1. The summed E-state index contributed by atoms with van der Waals surface area (Å²) in [4.78, 5) is 27.5. The molecule has 1 aliphatic heterocycles. The van der Waals surface area contributed by atoms with Gasteiger partial charge >= 0.3 is 0 Å². The number of hydrazone groups is 1. The number of likely N-dealkylation sites (N-methyl/N-ethyl adjacent to an activating group) is 1. The van der Waals surface area contributed by atoms with Crippen molar-refractivity contribution in [2.75, 3.05) is 34.9 Å². The Kier molecular flexibility index (Phi) is 7.05. The van der Waals surface area contributed by atoms with Crippen molar-refractivity contribution in [3.05, 3.63) is 53.6 Å². The lowest BCUT2D eigenvalue weighted by molar-refractivity contribution is -0.144. The fraction of sp³-hybridized carbons (Fsp3) is 0.423. The first-order valence-electron chi connectivity index (χ1n) is 11.5. The third-order valence-electron chi connectivity index (χ3n) is 6.59. The Morgan fingerprint density at radius 1 is 1.00 bits per heavy atom. The van der Waals surface area contributed by atoms with Gasteiger partial charge in [0.15, 0.2) is 0 Å². The number of methoxy groups -OCH3 is 3. The third-order valence-corrected chi connectivity index (χ3v) is 6.59. The van der Waals surface area contributed by atoms with Gasteiger partial charge in [-0.1, -0.05) is 18.6 Å². The summed E-state index contributed by atoms with van der Waals surface area (Å²) in [5.74, 6) is 1.88. The largest absolute Gasteiger partial charge is 0.497 e. The lowest BCUT2D eigenvalue weighted by Crippen LogP contribution is -2.42. The molecule has 2 amide bonds. The Labute approximate surface area is 200 Å². The van der Waals surface area contributed by atoms with Crippen molar-refractivity contribution in [3.8, 4) is 17.2 Å². The molecule has 2 aromatic carbocycles. The lowest BCUT2D eigenvalue weighted by Gasteiger charge is -2.30. The van der Waals surface area contributed by atoms with E-state index in [0.717, 1.165) is 41.9 Å². The summed E-state index contributed by atoms with van der Waals surface area (Å²) in [6.07, 6.45) is 3.38. The second-order valence-electron chi connectivity index (χ2n) is 8.67. The van der Waals surface area contributed by atoms with Gasteiger partial charge in [-0.15, -0.1) is 0 Å². The van der Waals surface area contributed by atoms with Crippen molar-refractivity contribution in [1.82, 2.24) is 9.91 Å². The maximum Gasteiger partial charge on any atom is 0.262 e. The van der Waals surface area contributed by atoms with Crippen LogP contribution in [0.3, 0.4) is 0 Å². The lowest BCUT2D eigenvalue weighted by atomic mass is 9.84. The normalized spacial score (nSPS) is 17.6. The quantitative estimate of drug-likeness (QED) is 0.595. The molecule has 1 aliphatic carbocycles. The smallest absolute Gasteiger partial charge is 0.262 e. The van der Waals surface area contributed by atoms with Crippen LogP contribution in [0.25, 0.3) is 0 Å². The average molecular weight is 466 g/mol. The van der Waals surface area contributed by atoms with E-state index < -0.39 is 0 Å². The van der Waals surface area contributed by atoms with Crippen molar-refractivity contribution < 1.29 is 23.8 Å². The molecule has 0 saturated heterocycles. The molecule has 2 aliphatic rings. The molecule has 180 valence electrons. The first-order chi connectivity index (χ1) is 16.4. The van der Waals surface area contributed by atoms with Crippen LogP contribution in [0.1, 0.15) is 42.9 Å². The number of rotatable bonds is 8. The molecule has 2 aromatic rings. The summed E-state index contributed by atoms with van der Waals surface area (Å²) < 4.78 is 16.2. The Bertz CT molecular complexity index is 1080. The fourth-order valence-electron chi connectivity index (χ4n) is 4.35. The van der Waals surface area contributed by atoms with E-state index in [2.05, 4.69) is 0 Å². The number of hydrogen-bond acceptors (Lipinski definition) is 6. The number of carbonyl (C=O) groups is 2. The minimum absolute atomic E-state index is 0.0154. The molecule has 0 N–H and O–H groups in total. The summed E-state index contributed by atoms with van der Waals surface area (Å²) >= 11 is 0. The zero-order valence-corrected chi connectivity index (χ0v) is 20.1. The predicted molar refractivity (Wildman–Crippen MR) is 128 cm³/mol. The molecule has 0 radical (unpaired) electrons. The molecule has 0 aromatic heterocycles. The van der Waals surface area contributed by atoms with Crippen LogP contribution in [-0.2, 0) is 9.59 Å². The van der Waals surface area contributed by atoms with E-state index in [1.165, 1.54) is 9.91 Å². The van der Waals surface area contributed by atoms with E-state index in [-0.39, 0.29) is 30.3 Å². The minimum atomic E-state index is -0.299. The third kappa shape index (κ3) is 4.71. The van der Waals surface area contributed by atoms with Gasteiger partial charge in [0.1, 0.15) is 23.8 Å². The van der Waals surface area contributed by atoms with Crippen LogP contribution in [0.2, 0.25) is 0 Å². The van der Waals surface area contributed by atoms with Crippen LogP contribution >= 0.6 is 0 Å². The van der Waals surface area contributed by atoms with Crippen molar-refractivity contribution in [1.29, 1.82) is 0 Å². The minimum Gasteiger partial charge on any atom is -0.497 e. The number of carbonyl (C=O) groups excluding carboxylic acids is 2. The highest BCUT2D eigenvalue weighted by molar-refractivity contribution is 6.05. The Balaban J connectivity index is 1.63. The van der Waals surface area contributed by atoms with E-state index >= 15 is 0 Å². The highest BCUT2D eigenvalue weighted by atomic mass is 16.5. The number of benzene rings is 2. The molecule has 1 heterocycles. The zero-order chi connectivity index (χ0) is 24.2. The van der Waals surface area contributed by atoms with Gasteiger partial charge in [-0.05, 0) is 42.7 Å². The Morgan fingerprint density at radius 3 is 2.26 bits per heavy atom. The topological polar surface area (TPSA) is 80.7 Å². The van der Waals surface area contributed by atoms with Gasteiger partial charge in [0.2, 0.25) is 5.91 Å². The monoisotopic (exact) mass is 465 g/mol. The van der Waals surface area contributed by atoms with Crippen LogP contribution < -0.4 is 14.2 Å².